The fourth-order valence-corrected chi connectivity index (χ4v) is 2.25. The van der Waals surface area contributed by atoms with Crippen molar-refractivity contribution in [2.75, 3.05) is 0 Å². The van der Waals surface area contributed by atoms with Gasteiger partial charge in [0.25, 0.3) is 0 Å². The van der Waals surface area contributed by atoms with Crippen LogP contribution in [0.2, 0.25) is 0 Å². The van der Waals surface area contributed by atoms with Gasteiger partial charge in [0.2, 0.25) is 0 Å². The van der Waals surface area contributed by atoms with Crippen LogP contribution in [0.3, 0.4) is 0 Å². The summed E-state index contributed by atoms with van der Waals surface area (Å²) in [6, 6.07) is 2.15. The maximum Gasteiger partial charge on any atom is 0.0384 e. The standard InChI is InChI=1S/C11H11NS/c1-9-5-7-13-11(9)10-4-2-3-6-12-8-10/h3-8H,2H2,1H3. The summed E-state index contributed by atoms with van der Waals surface area (Å²) in [5.74, 6) is 0. The minimum atomic E-state index is 0.979. The normalized spacial score (nSPS) is 15.6. The largest absolute Gasteiger partial charge is 0.264 e. The number of hydrogen-bond donors (Lipinski definition) is 0. The molecule has 2 rings (SSSR count). The molecule has 0 saturated heterocycles. The molecule has 0 spiro atoms. The van der Waals surface area contributed by atoms with Crippen LogP contribution in [0.15, 0.2) is 34.8 Å². The van der Waals surface area contributed by atoms with Crippen molar-refractivity contribution in [1.29, 1.82) is 0 Å². The third kappa shape index (κ3) is 1.78. The Morgan fingerprint density at radius 2 is 2.38 bits per heavy atom. The number of thiophene rings is 1. The Labute approximate surface area is 82.1 Å². The van der Waals surface area contributed by atoms with E-state index in [0.29, 0.717) is 0 Å². The summed E-state index contributed by atoms with van der Waals surface area (Å²) < 4.78 is 0. The molecule has 1 aromatic heterocycles. The molecular formula is C11H11NS. The maximum absolute atomic E-state index is 4.18. The molecule has 0 fully saturated rings. The van der Waals surface area contributed by atoms with E-state index >= 15 is 0 Å². The number of allylic oxidation sites excluding steroid dienone is 3. The molecule has 0 bridgehead atoms. The van der Waals surface area contributed by atoms with Crippen molar-refractivity contribution in [3.8, 4) is 0 Å². The average molecular weight is 189 g/mol. The van der Waals surface area contributed by atoms with Gasteiger partial charge in [0.05, 0.1) is 0 Å². The van der Waals surface area contributed by atoms with Crippen LogP contribution in [0.5, 0.6) is 0 Å². The van der Waals surface area contributed by atoms with Crippen LogP contribution in [0.1, 0.15) is 16.9 Å². The quantitative estimate of drug-likeness (QED) is 0.642. The van der Waals surface area contributed by atoms with Gasteiger partial charge in [0, 0.05) is 22.9 Å². The highest BCUT2D eigenvalue weighted by Crippen LogP contribution is 2.24. The van der Waals surface area contributed by atoms with Gasteiger partial charge in [-0.25, -0.2) is 0 Å². The SMILES string of the molecule is Cc1ccsc1C1=CCC=CN=C1. The minimum Gasteiger partial charge on any atom is -0.264 e. The Morgan fingerprint density at radius 3 is 3.15 bits per heavy atom. The van der Waals surface area contributed by atoms with Crippen molar-refractivity contribution in [2.24, 2.45) is 4.99 Å². The Kier molecular flexibility index (Phi) is 2.41. The Hall–Kier alpha value is -1.15. The van der Waals surface area contributed by atoms with Gasteiger partial charge in [0.15, 0.2) is 0 Å². The first-order valence-corrected chi connectivity index (χ1v) is 5.19. The Morgan fingerprint density at radius 1 is 1.46 bits per heavy atom. The van der Waals surface area contributed by atoms with E-state index in [1.54, 1.807) is 11.3 Å². The van der Waals surface area contributed by atoms with Gasteiger partial charge in [-0.3, -0.25) is 4.99 Å². The molecule has 0 aromatic carbocycles. The van der Waals surface area contributed by atoms with Crippen molar-refractivity contribution in [3.63, 3.8) is 0 Å². The molecule has 13 heavy (non-hydrogen) atoms. The second-order valence-electron chi connectivity index (χ2n) is 2.99. The van der Waals surface area contributed by atoms with Crippen LogP contribution in [0, 0.1) is 6.92 Å². The lowest BCUT2D eigenvalue weighted by Crippen LogP contribution is -1.83. The van der Waals surface area contributed by atoms with Gasteiger partial charge < -0.3 is 0 Å². The van der Waals surface area contributed by atoms with E-state index in [9.17, 15) is 0 Å². The molecule has 0 N–H and O–H groups in total. The molecule has 0 saturated carbocycles. The molecule has 0 unspecified atom stereocenters. The number of nitrogens with zero attached hydrogens (tertiary/aromatic N) is 1. The van der Waals surface area contributed by atoms with E-state index in [1.807, 2.05) is 12.4 Å². The fraction of sp³-hybridized carbons (Fsp3) is 0.182. The van der Waals surface area contributed by atoms with Crippen molar-refractivity contribution < 1.29 is 0 Å². The molecular weight excluding hydrogens is 178 g/mol. The number of rotatable bonds is 1. The summed E-state index contributed by atoms with van der Waals surface area (Å²) in [6.07, 6.45) is 9.04. The van der Waals surface area contributed by atoms with Crippen molar-refractivity contribution in [2.45, 2.75) is 13.3 Å². The van der Waals surface area contributed by atoms with Gasteiger partial charge in [-0.05, 0) is 30.4 Å². The average Bonchev–Trinajstić information content (AvgIpc) is 2.43. The lowest BCUT2D eigenvalue weighted by molar-refractivity contribution is 1.38. The smallest absolute Gasteiger partial charge is 0.0384 e. The zero-order chi connectivity index (χ0) is 9.10. The zero-order valence-corrected chi connectivity index (χ0v) is 8.34. The van der Waals surface area contributed by atoms with Crippen LogP contribution in [-0.2, 0) is 0 Å². The summed E-state index contributed by atoms with van der Waals surface area (Å²) in [5, 5.41) is 2.12. The summed E-state index contributed by atoms with van der Waals surface area (Å²) in [6.45, 7) is 2.14. The molecule has 0 radical (unpaired) electrons. The van der Waals surface area contributed by atoms with Crippen LogP contribution >= 0.6 is 11.3 Å². The van der Waals surface area contributed by atoms with Crippen LogP contribution in [0.4, 0.5) is 0 Å². The fourth-order valence-electron chi connectivity index (χ4n) is 1.31. The van der Waals surface area contributed by atoms with Gasteiger partial charge in [-0.2, -0.15) is 0 Å². The molecule has 0 atom stereocenters. The topological polar surface area (TPSA) is 12.4 Å². The molecule has 2 heterocycles. The number of aryl methyl sites for hydroxylation is 1. The highest BCUT2D eigenvalue weighted by atomic mass is 32.1. The second kappa shape index (κ2) is 3.71. The highest BCUT2D eigenvalue weighted by Gasteiger charge is 2.04. The molecule has 0 amide bonds. The monoisotopic (exact) mass is 189 g/mol. The first-order chi connectivity index (χ1) is 6.38. The minimum absolute atomic E-state index is 0.979. The van der Waals surface area contributed by atoms with E-state index in [-0.39, 0.29) is 0 Å². The molecule has 2 heteroatoms. The predicted molar refractivity (Wildman–Crippen MR) is 59.3 cm³/mol. The third-order valence-electron chi connectivity index (χ3n) is 2.00. The summed E-state index contributed by atoms with van der Waals surface area (Å²) >= 11 is 1.78. The van der Waals surface area contributed by atoms with E-state index in [0.717, 1.165) is 6.42 Å². The number of aliphatic imine (C=N–C) groups is 1. The van der Waals surface area contributed by atoms with E-state index < -0.39 is 0 Å². The molecule has 1 aliphatic heterocycles. The van der Waals surface area contributed by atoms with E-state index in [1.165, 1.54) is 16.0 Å². The summed E-state index contributed by atoms with van der Waals surface area (Å²) in [4.78, 5) is 5.52. The molecule has 66 valence electrons. The maximum atomic E-state index is 4.18. The van der Waals surface area contributed by atoms with Gasteiger partial charge in [0.1, 0.15) is 0 Å². The summed E-state index contributed by atoms with van der Waals surface area (Å²) in [5.41, 5.74) is 2.59. The Bertz CT molecular complexity index is 383. The lowest BCUT2D eigenvalue weighted by atomic mass is 10.1. The van der Waals surface area contributed by atoms with E-state index in [2.05, 4.69) is 35.5 Å². The number of hydrogen-bond acceptors (Lipinski definition) is 2. The molecule has 1 aromatic rings. The van der Waals surface area contributed by atoms with Gasteiger partial charge >= 0.3 is 0 Å². The third-order valence-corrected chi connectivity index (χ3v) is 3.07. The molecule has 0 aliphatic carbocycles. The Balaban J connectivity index is 2.37. The summed E-state index contributed by atoms with van der Waals surface area (Å²) in [7, 11) is 0. The zero-order valence-electron chi connectivity index (χ0n) is 7.53. The first-order valence-electron chi connectivity index (χ1n) is 4.31. The first kappa shape index (κ1) is 8.45. The second-order valence-corrected chi connectivity index (χ2v) is 3.91. The highest BCUT2D eigenvalue weighted by molar-refractivity contribution is 7.11. The van der Waals surface area contributed by atoms with Crippen molar-refractivity contribution in [3.05, 3.63) is 40.2 Å². The van der Waals surface area contributed by atoms with Crippen molar-refractivity contribution in [1.82, 2.24) is 0 Å². The van der Waals surface area contributed by atoms with Crippen molar-refractivity contribution >= 4 is 23.1 Å². The van der Waals surface area contributed by atoms with Gasteiger partial charge in [-0.15, -0.1) is 11.3 Å². The predicted octanol–water partition coefficient (Wildman–Crippen LogP) is 3.43. The molecule has 1 nitrogen and oxygen atoms in total. The van der Waals surface area contributed by atoms with Crippen LogP contribution in [-0.4, -0.2) is 6.21 Å². The van der Waals surface area contributed by atoms with Crippen LogP contribution in [0.25, 0.3) is 5.57 Å². The molecule has 1 aliphatic rings. The lowest BCUT2D eigenvalue weighted by Gasteiger charge is -1.97. The van der Waals surface area contributed by atoms with Crippen LogP contribution < -0.4 is 0 Å². The van der Waals surface area contributed by atoms with Gasteiger partial charge in [-0.1, -0.05) is 12.2 Å². The van der Waals surface area contributed by atoms with E-state index in [4.69, 9.17) is 0 Å².